The molecule has 0 unspecified atom stereocenters. The highest BCUT2D eigenvalue weighted by molar-refractivity contribution is 5.98. The third-order valence-electron chi connectivity index (χ3n) is 4.64. The van der Waals surface area contributed by atoms with E-state index in [2.05, 4.69) is 10.4 Å². The Hall–Kier alpha value is -2.70. The summed E-state index contributed by atoms with van der Waals surface area (Å²) in [4.78, 5) is 26.8. The lowest BCUT2D eigenvalue weighted by molar-refractivity contribution is -0.124. The summed E-state index contributed by atoms with van der Waals surface area (Å²) in [7, 11) is 0. The molecule has 26 heavy (non-hydrogen) atoms. The summed E-state index contributed by atoms with van der Waals surface area (Å²) < 4.78 is 14.9. The van der Waals surface area contributed by atoms with Gasteiger partial charge in [0.1, 0.15) is 11.9 Å². The minimum Gasteiger partial charge on any atom is -0.354 e. The lowest BCUT2D eigenvalue weighted by Gasteiger charge is -2.26. The molecule has 3 rings (SSSR count). The van der Waals surface area contributed by atoms with E-state index < -0.39 is 6.04 Å². The Morgan fingerprint density at radius 1 is 1.31 bits per heavy atom. The first-order chi connectivity index (χ1) is 12.4. The van der Waals surface area contributed by atoms with Crippen LogP contribution in [0.2, 0.25) is 0 Å². The molecule has 1 saturated heterocycles. The van der Waals surface area contributed by atoms with Gasteiger partial charge in [-0.25, -0.2) is 9.07 Å². The van der Waals surface area contributed by atoms with Gasteiger partial charge in [0.2, 0.25) is 5.91 Å². The summed E-state index contributed by atoms with van der Waals surface area (Å²) >= 11 is 0. The van der Waals surface area contributed by atoms with Crippen molar-refractivity contribution in [3.8, 4) is 5.69 Å². The molecule has 2 heterocycles. The van der Waals surface area contributed by atoms with Crippen LogP contribution in [-0.4, -0.2) is 45.6 Å². The molecule has 1 fully saturated rings. The summed E-state index contributed by atoms with van der Waals surface area (Å²) in [6.45, 7) is 6.77. The van der Waals surface area contributed by atoms with E-state index in [0.29, 0.717) is 30.8 Å². The standard InChI is InChI=1S/C19H23FN4O2/c1-12(2)17-16(11-22-24(17)15-7-5-14(20)6-8-15)19(26)23-10-4-9-21-18(25)13(23)3/h5-8,11-13H,4,9-10H2,1-3H3,(H,21,25)/t13-/m0/s1. The summed E-state index contributed by atoms with van der Waals surface area (Å²) in [5.74, 6) is -0.648. The molecular weight excluding hydrogens is 335 g/mol. The predicted molar refractivity (Wildman–Crippen MR) is 95.7 cm³/mol. The Bertz CT molecular complexity index is 813. The Labute approximate surface area is 152 Å². The zero-order valence-electron chi connectivity index (χ0n) is 15.2. The third kappa shape index (κ3) is 3.34. The SMILES string of the molecule is CC(C)c1c(C(=O)N2CCCNC(=O)[C@@H]2C)cnn1-c1ccc(F)cc1. The van der Waals surface area contributed by atoms with Crippen molar-refractivity contribution >= 4 is 11.8 Å². The first-order valence-corrected chi connectivity index (χ1v) is 8.82. The number of carbonyl (C=O) groups excluding carboxylic acids is 2. The van der Waals surface area contributed by atoms with E-state index in [9.17, 15) is 14.0 Å². The van der Waals surface area contributed by atoms with Gasteiger partial charge in [-0.3, -0.25) is 9.59 Å². The maximum atomic E-state index is 13.2. The topological polar surface area (TPSA) is 67.2 Å². The maximum Gasteiger partial charge on any atom is 0.258 e. The van der Waals surface area contributed by atoms with Gasteiger partial charge in [0.25, 0.3) is 5.91 Å². The molecule has 2 amide bonds. The van der Waals surface area contributed by atoms with Crippen molar-refractivity contribution in [3.63, 3.8) is 0 Å². The fraction of sp³-hybridized carbons (Fsp3) is 0.421. The van der Waals surface area contributed by atoms with Crippen molar-refractivity contribution in [1.82, 2.24) is 20.0 Å². The van der Waals surface area contributed by atoms with Crippen LogP contribution in [-0.2, 0) is 4.79 Å². The molecule has 0 radical (unpaired) electrons. The monoisotopic (exact) mass is 358 g/mol. The number of nitrogens with one attached hydrogen (secondary N) is 1. The van der Waals surface area contributed by atoms with Gasteiger partial charge >= 0.3 is 0 Å². The first kappa shape index (κ1) is 18.1. The summed E-state index contributed by atoms with van der Waals surface area (Å²) in [6.07, 6.45) is 2.25. The number of amides is 2. The van der Waals surface area contributed by atoms with Crippen molar-refractivity contribution in [2.45, 2.75) is 39.2 Å². The van der Waals surface area contributed by atoms with Gasteiger partial charge in [-0.05, 0) is 43.5 Å². The smallest absolute Gasteiger partial charge is 0.258 e. The predicted octanol–water partition coefficient (Wildman–Crippen LogP) is 2.49. The van der Waals surface area contributed by atoms with Crippen molar-refractivity contribution in [3.05, 3.63) is 47.5 Å². The first-order valence-electron chi connectivity index (χ1n) is 8.82. The fourth-order valence-electron chi connectivity index (χ4n) is 3.24. The molecule has 7 heteroatoms. The lowest BCUT2D eigenvalue weighted by atomic mass is 10.0. The third-order valence-corrected chi connectivity index (χ3v) is 4.64. The molecule has 6 nitrogen and oxygen atoms in total. The second-order valence-corrected chi connectivity index (χ2v) is 6.81. The molecule has 138 valence electrons. The van der Waals surface area contributed by atoms with Crippen LogP contribution in [0.25, 0.3) is 5.69 Å². The Balaban J connectivity index is 2.01. The van der Waals surface area contributed by atoms with Crippen LogP contribution in [0.5, 0.6) is 0 Å². The minimum atomic E-state index is -0.529. The Morgan fingerprint density at radius 2 is 2.00 bits per heavy atom. The summed E-state index contributed by atoms with van der Waals surface area (Å²) in [5.41, 5.74) is 1.92. The number of nitrogens with zero attached hydrogens (tertiary/aromatic N) is 3. The summed E-state index contributed by atoms with van der Waals surface area (Å²) in [5, 5.41) is 7.18. The molecule has 1 aromatic carbocycles. The minimum absolute atomic E-state index is 0.0256. The molecule has 2 aromatic rings. The highest BCUT2D eigenvalue weighted by Crippen LogP contribution is 2.25. The maximum absolute atomic E-state index is 13.2. The number of carbonyl (C=O) groups is 2. The molecular formula is C19H23FN4O2. The van der Waals surface area contributed by atoms with Gasteiger partial charge in [0.05, 0.1) is 23.1 Å². The van der Waals surface area contributed by atoms with E-state index in [4.69, 9.17) is 0 Å². The highest BCUT2D eigenvalue weighted by Gasteiger charge is 2.31. The summed E-state index contributed by atoms with van der Waals surface area (Å²) in [6, 6.07) is 5.46. The molecule has 1 N–H and O–H groups in total. The van der Waals surface area contributed by atoms with E-state index in [1.807, 2.05) is 13.8 Å². The van der Waals surface area contributed by atoms with Gasteiger partial charge in [-0.1, -0.05) is 13.8 Å². The van der Waals surface area contributed by atoms with Crippen LogP contribution in [0.4, 0.5) is 4.39 Å². The van der Waals surface area contributed by atoms with E-state index in [0.717, 1.165) is 5.69 Å². The molecule has 0 spiro atoms. The zero-order chi connectivity index (χ0) is 18.8. The lowest BCUT2D eigenvalue weighted by Crippen LogP contribution is -2.45. The van der Waals surface area contributed by atoms with E-state index >= 15 is 0 Å². The highest BCUT2D eigenvalue weighted by atomic mass is 19.1. The normalized spacial score (nSPS) is 18.0. The second-order valence-electron chi connectivity index (χ2n) is 6.81. The van der Waals surface area contributed by atoms with Crippen LogP contribution >= 0.6 is 0 Å². The van der Waals surface area contributed by atoms with Gasteiger partial charge < -0.3 is 10.2 Å². The van der Waals surface area contributed by atoms with Crippen LogP contribution in [0.3, 0.4) is 0 Å². The largest absolute Gasteiger partial charge is 0.354 e. The van der Waals surface area contributed by atoms with Crippen LogP contribution in [0.15, 0.2) is 30.5 Å². The number of benzene rings is 1. The van der Waals surface area contributed by atoms with Crippen molar-refractivity contribution < 1.29 is 14.0 Å². The number of halogens is 1. The van der Waals surface area contributed by atoms with Gasteiger partial charge in [-0.2, -0.15) is 5.10 Å². The van der Waals surface area contributed by atoms with Crippen molar-refractivity contribution in [2.75, 3.05) is 13.1 Å². The van der Waals surface area contributed by atoms with Gasteiger partial charge in [0.15, 0.2) is 0 Å². The van der Waals surface area contributed by atoms with Crippen molar-refractivity contribution in [2.24, 2.45) is 0 Å². The zero-order valence-corrected chi connectivity index (χ0v) is 15.2. The van der Waals surface area contributed by atoms with Crippen molar-refractivity contribution in [1.29, 1.82) is 0 Å². The van der Waals surface area contributed by atoms with Crippen LogP contribution in [0, 0.1) is 5.82 Å². The number of aromatic nitrogens is 2. The molecule has 1 atom stereocenters. The second kappa shape index (κ2) is 7.27. The molecule has 1 aliphatic rings. The Morgan fingerprint density at radius 3 is 2.65 bits per heavy atom. The number of hydrogen-bond donors (Lipinski definition) is 1. The van der Waals surface area contributed by atoms with E-state index in [-0.39, 0.29) is 23.5 Å². The van der Waals surface area contributed by atoms with E-state index in [1.54, 1.807) is 28.6 Å². The average Bonchev–Trinajstić information content (AvgIpc) is 2.99. The van der Waals surface area contributed by atoms with E-state index in [1.165, 1.54) is 18.3 Å². The molecule has 1 aromatic heterocycles. The Kier molecular flexibility index (Phi) is 5.06. The van der Waals surface area contributed by atoms with Crippen LogP contribution < -0.4 is 5.32 Å². The van der Waals surface area contributed by atoms with Gasteiger partial charge in [0, 0.05) is 13.1 Å². The van der Waals surface area contributed by atoms with Crippen LogP contribution in [0.1, 0.15) is 49.2 Å². The van der Waals surface area contributed by atoms with Gasteiger partial charge in [-0.15, -0.1) is 0 Å². The molecule has 0 bridgehead atoms. The average molecular weight is 358 g/mol. The quantitative estimate of drug-likeness (QED) is 0.917. The number of hydrogen-bond acceptors (Lipinski definition) is 3. The molecule has 1 aliphatic heterocycles. The molecule has 0 saturated carbocycles. The number of rotatable bonds is 3. The fourth-order valence-corrected chi connectivity index (χ4v) is 3.24. The molecule has 0 aliphatic carbocycles.